The molecule has 0 bridgehead atoms. The molecular weight excluding hydrogens is 248 g/mol. The molecule has 2 atom stereocenters. The highest BCUT2D eigenvalue weighted by atomic mass is 79.9. The molecule has 1 aromatic heterocycles. The molecule has 0 amide bonds. The number of Topliss-reactive ketones (excluding diaryl/α,β-unsaturated/α-hetero) is 1. The van der Waals surface area contributed by atoms with Gasteiger partial charge in [-0.05, 0) is 41.4 Å². The second-order valence-electron chi connectivity index (χ2n) is 3.44. The van der Waals surface area contributed by atoms with E-state index in [9.17, 15) is 4.79 Å². The van der Waals surface area contributed by atoms with Crippen LogP contribution in [-0.2, 0) is 4.74 Å². The topological polar surface area (TPSA) is 39.4 Å². The van der Waals surface area contributed by atoms with Gasteiger partial charge < -0.3 is 9.15 Å². The van der Waals surface area contributed by atoms with Crippen LogP contribution in [0.2, 0.25) is 0 Å². The Morgan fingerprint density at radius 3 is 2.86 bits per heavy atom. The molecule has 4 heteroatoms. The predicted molar refractivity (Wildman–Crippen MR) is 54.3 cm³/mol. The summed E-state index contributed by atoms with van der Waals surface area (Å²) in [7, 11) is 0. The highest BCUT2D eigenvalue weighted by Gasteiger charge is 2.32. The molecule has 0 aliphatic carbocycles. The SMILES string of the molecule is CC1OCCC1C(=O)c1ccc(Br)o1. The van der Waals surface area contributed by atoms with Crippen LogP contribution in [0.25, 0.3) is 0 Å². The smallest absolute Gasteiger partial charge is 0.203 e. The van der Waals surface area contributed by atoms with Crippen LogP contribution in [0.1, 0.15) is 23.9 Å². The maximum atomic E-state index is 11.9. The fourth-order valence-electron chi connectivity index (χ4n) is 1.71. The zero-order valence-electron chi connectivity index (χ0n) is 7.83. The molecule has 1 aromatic rings. The van der Waals surface area contributed by atoms with Gasteiger partial charge in [0, 0.05) is 6.61 Å². The van der Waals surface area contributed by atoms with E-state index < -0.39 is 0 Å². The number of ketones is 1. The number of carbonyl (C=O) groups is 1. The Morgan fingerprint density at radius 2 is 2.36 bits per heavy atom. The minimum Gasteiger partial charge on any atom is -0.446 e. The van der Waals surface area contributed by atoms with Crippen LogP contribution in [0, 0.1) is 5.92 Å². The van der Waals surface area contributed by atoms with Crippen LogP contribution in [0.3, 0.4) is 0 Å². The Bertz CT molecular complexity index is 345. The Labute approximate surface area is 90.6 Å². The summed E-state index contributed by atoms with van der Waals surface area (Å²) in [5, 5.41) is 0. The summed E-state index contributed by atoms with van der Waals surface area (Å²) in [5.74, 6) is 0.410. The maximum Gasteiger partial charge on any atom is 0.203 e. The van der Waals surface area contributed by atoms with Crippen LogP contribution in [-0.4, -0.2) is 18.5 Å². The summed E-state index contributed by atoms with van der Waals surface area (Å²) >= 11 is 3.17. The molecule has 1 fully saturated rings. The van der Waals surface area contributed by atoms with Gasteiger partial charge in [0.2, 0.25) is 5.78 Å². The van der Waals surface area contributed by atoms with Gasteiger partial charge in [-0.15, -0.1) is 0 Å². The summed E-state index contributed by atoms with van der Waals surface area (Å²) in [6, 6.07) is 3.42. The third-order valence-electron chi connectivity index (χ3n) is 2.53. The third-order valence-corrected chi connectivity index (χ3v) is 2.96. The minimum absolute atomic E-state index is 0.00590. The van der Waals surface area contributed by atoms with Gasteiger partial charge in [0.15, 0.2) is 10.4 Å². The van der Waals surface area contributed by atoms with Gasteiger partial charge in [0.05, 0.1) is 12.0 Å². The Balaban J connectivity index is 2.15. The van der Waals surface area contributed by atoms with Crippen LogP contribution in [0.4, 0.5) is 0 Å². The highest BCUT2D eigenvalue weighted by Crippen LogP contribution is 2.26. The van der Waals surface area contributed by atoms with Crippen LogP contribution in [0.15, 0.2) is 21.2 Å². The second-order valence-corrected chi connectivity index (χ2v) is 4.22. The number of rotatable bonds is 2. The van der Waals surface area contributed by atoms with Crippen molar-refractivity contribution in [2.45, 2.75) is 19.4 Å². The van der Waals surface area contributed by atoms with E-state index in [2.05, 4.69) is 15.9 Å². The summed E-state index contributed by atoms with van der Waals surface area (Å²) in [4.78, 5) is 11.9. The first-order valence-corrected chi connectivity index (χ1v) is 5.39. The molecule has 2 rings (SSSR count). The van der Waals surface area contributed by atoms with E-state index in [0.29, 0.717) is 17.0 Å². The van der Waals surface area contributed by atoms with Gasteiger partial charge in [0.25, 0.3) is 0 Å². The van der Waals surface area contributed by atoms with E-state index in [1.54, 1.807) is 12.1 Å². The molecule has 1 aliphatic heterocycles. The average molecular weight is 259 g/mol. The Morgan fingerprint density at radius 1 is 1.57 bits per heavy atom. The zero-order valence-corrected chi connectivity index (χ0v) is 9.41. The number of hydrogen-bond acceptors (Lipinski definition) is 3. The number of hydrogen-bond donors (Lipinski definition) is 0. The Kier molecular flexibility index (Phi) is 2.74. The molecule has 0 radical (unpaired) electrons. The van der Waals surface area contributed by atoms with Crippen molar-refractivity contribution in [2.24, 2.45) is 5.92 Å². The number of carbonyl (C=O) groups excluding carboxylic acids is 1. The molecule has 2 unspecified atom stereocenters. The van der Waals surface area contributed by atoms with Crippen LogP contribution in [0.5, 0.6) is 0 Å². The normalized spacial score (nSPS) is 26.7. The standard InChI is InChI=1S/C10H11BrO3/c1-6-7(4-5-13-6)10(12)8-2-3-9(11)14-8/h2-3,6-7H,4-5H2,1H3. The van der Waals surface area contributed by atoms with Crippen molar-refractivity contribution in [3.63, 3.8) is 0 Å². The molecule has 76 valence electrons. The maximum absolute atomic E-state index is 11.9. The minimum atomic E-state index is -0.0481. The van der Waals surface area contributed by atoms with Crippen molar-refractivity contribution in [3.8, 4) is 0 Å². The van der Waals surface area contributed by atoms with Gasteiger partial charge in [-0.2, -0.15) is 0 Å². The molecule has 3 nitrogen and oxygen atoms in total. The largest absolute Gasteiger partial charge is 0.446 e. The second kappa shape index (κ2) is 3.87. The fourth-order valence-corrected chi connectivity index (χ4v) is 2.01. The van der Waals surface area contributed by atoms with Crippen molar-refractivity contribution in [3.05, 3.63) is 22.6 Å². The first-order valence-electron chi connectivity index (χ1n) is 4.59. The lowest BCUT2D eigenvalue weighted by Gasteiger charge is -2.10. The predicted octanol–water partition coefficient (Wildman–Crippen LogP) is 2.65. The lowest BCUT2D eigenvalue weighted by atomic mass is 9.96. The first kappa shape index (κ1) is 9.93. The molecule has 1 aliphatic rings. The number of halogens is 1. The van der Waals surface area contributed by atoms with Crippen LogP contribution >= 0.6 is 15.9 Å². The lowest BCUT2D eigenvalue weighted by molar-refractivity contribution is 0.0739. The van der Waals surface area contributed by atoms with Gasteiger partial charge in [0.1, 0.15) is 0 Å². The molecule has 0 aromatic carbocycles. The van der Waals surface area contributed by atoms with E-state index in [-0.39, 0.29) is 17.8 Å². The summed E-state index contributed by atoms with van der Waals surface area (Å²) < 4.78 is 11.1. The Hall–Kier alpha value is -0.610. The molecule has 1 saturated heterocycles. The molecule has 0 N–H and O–H groups in total. The van der Waals surface area contributed by atoms with Gasteiger partial charge in [-0.1, -0.05) is 0 Å². The van der Waals surface area contributed by atoms with Gasteiger partial charge in [-0.25, -0.2) is 0 Å². The highest BCUT2D eigenvalue weighted by molar-refractivity contribution is 9.10. The van der Waals surface area contributed by atoms with Crippen molar-refractivity contribution in [1.82, 2.24) is 0 Å². The van der Waals surface area contributed by atoms with Crippen molar-refractivity contribution >= 4 is 21.7 Å². The van der Waals surface area contributed by atoms with Crippen molar-refractivity contribution in [2.75, 3.05) is 6.61 Å². The third kappa shape index (κ3) is 1.77. The van der Waals surface area contributed by atoms with Crippen molar-refractivity contribution in [1.29, 1.82) is 0 Å². The summed E-state index contributed by atoms with van der Waals surface area (Å²) in [6.45, 7) is 2.59. The van der Waals surface area contributed by atoms with E-state index in [1.165, 1.54) is 0 Å². The lowest BCUT2D eigenvalue weighted by Crippen LogP contribution is -2.21. The van der Waals surface area contributed by atoms with E-state index >= 15 is 0 Å². The van der Waals surface area contributed by atoms with E-state index in [1.807, 2.05) is 6.92 Å². The summed E-state index contributed by atoms with van der Waals surface area (Å²) in [5.41, 5.74) is 0. The molecule has 14 heavy (non-hydrogen) atoms. The van der Waals surface area contributed by atoms with Crippen molar-refractivity contribution < 1.29 is 13.9 Å². The number of ether oxygens (including phenoxy) is 1. The molecule has 2 heterocycles. The van der Waals surface area contributed by atoms with E-state index in [0.717, 1.165) is 6.42 Å². The fraction of sp³-hybridized carbons (Fsp3) is 0.500. The molecule has 0 saturated carbocycles. The van der Waals surface area contributed by atoms with Crippen LogP contribution < -0.4 is 0 Å². The molecular formula is C10H11BrO3. The van der Waals surface area contributed by atoms with Gasteiger partial charge >= 0.3 is 0 Å². The quantitative estimate of drug-likeness (QED) is 0.766. The number of furan rings is 1. The van der Waals surface area contributed by atoms with Gasteiger partial charge in [-0.3, -0.25) is 4.79 Å². The zero-order chi connectivity index (χ0) is 10.1. The monoisotopic (exact) mass is 258 g/mol. The first-order chi connectivity index (χ1) is 6.68. The molecule has 0 spiro atoms. The summed E-state index contributed by atoms with van der Waals surface area (Å²) in [6.07, 6.45) is 0.796. The average Bonchev–Trinajstić information content (AvgIpc) is 2.73. The van der Waals surface area contributed by atoms with E-state index in [4.69, 9.17) is 9.15 Å².